The average molecular weight is 344 g/mol. The van der Waals surface area contributed by atoms with Crippen molar-refractivity contribution in [2.45, 2.75) is 25.2 Å². The molecule has 2 aromatic heterocycles. The van der Waals surface area contributed by atoms with E-state index in [1.807, 2.05) is 0 Å². The van der Waals surface area contributed by atoms with E-state index in [2.05, 4.69) is 24.1 Å². The number of sulfone groups is 1. The van der Waals surface area contributed by atoms with Gasteiger partial charge in [0.2, 0.25) is 0 Å². The molecule has 0 aliphatic rings. The normalized spacial score (nSPS) is 11.8. The molecule has 2 aromatic rings. The lowest BCUT2D eigenvalue weighted by molar-refractivity contribution is 0.102. The molecule has 2 rings (SSSR count). The maximum Gasteiger partial charge on any atom is 0.275 e. The Kier molecular flexibility index (Phi) is 4.80. The monoisotopic (exact) mass is 344 g/mol. The zero-order valence-corrected chi connectivity index (χ0v) is 14.4. The van der Waals surface area contributed by atoms with Crippen molar-refractivity contribution in [1.82, 2.24) is 4.98 Å². The van der Waals surface area contributed by atoms with E-state index in [0.29, 0.717) is 16.6 Å². The van der Waals surface area contributed by atoms with E-state index in [0.717, 1.165) is 17.7 Å². The van der Waals surface area contributed by atoms with Crippen LogP contribution in [-0.4, -0.2) is 25.6 Å². The summed E-state index contributed by atoms with van der Waals surface area (Å²) in [6.07, 6.45) is 1.94. The molecule has 0 aromatic carbocycles. The first-order valence-electron chi connectivity index (χ1n) is 6.30. The topological polar surface area (TPSA) is 76.1 Å². The van der Waals surface area contributed by atoms with E-state index in [-0.39, 0.29) is 10.8 Å². The van der Waals surface area contributed by atoms with Crippen LogP contribution in [0.4, 0.5) is 5.00 Å². The predicted octanol–water partition coefficient (Wildman–Crippen LogP) is 3.06. The lowest BCUT2D eigenvalue weighted by Gasteiger charge is -2.03. The highest BCUT2D eigenvalue weighted by Crippen LogP contribution is 2.28. The second-order valence-corrected chi connectivity index (χ2v) is 8.91. The van der Waals surface area contributed by atoms with Crippen molar-refractivity contribution < 1.29 is 13.2 Å². The Balaban J connectivity index is 2.15. The number of hydrogen-bond acceptors (Lipinski definition) is 6. The van der Waals surface area contributed by atoms with Gasteiger partial charge in [-0.15, -0.1) is 22.7 Å². The van der Waals surface area contributed by atoms with Crippen molar-refractivity contribution >= 4 is 43.4 Å². The number of amides is 1. The van der Waals surface area contributed by atoms with Crippen LogP contribution in [0.5, 0.6) is 0 Å². The van der Waals surface area contributed by atoms with E-state index in [4.69, 9.17) is 0 Å². The van der Waals surface area contributed by atoms with E-state index < -0.39 is 9.84 Å². The average Bonchev–Trinajstić information content (AvgIpc) is 2.96. The molecule has 0 unspecified atom stereocenters. The summed E-state index contributed by atoms with van der Waals surface area (Å²) in [5, 5.41) is 7.20. The summed E-state index contributed by atoms with van der Waals surface area (Å²) in [5.41, 5.74) is 0.323. The smallest absolute Gasteiger partial charge is 0.275 e. The fourth-order valence-electron chi connectivity index (χ4n) is 1.71. The van der Waals surface area contributed by atoms with E-state index in [1.165, 1.54) is 28.7 Å². The molecule has 21 heavy (non-hydrogen) atoms. The summed E-state index contributed by atoms with van der Waals surface area (Å²) in [6, 6.07) is 1.49. The molecule has 0 spiro atoms. The number of thiophene rings is 1. The van der Waals surface area contributed by atoms with Crippen LogP contribution in [0, 0.1) is 5.92 Å². The van der Waals surface area contributed by atoms with Crippen molar-refractivity contribution in [3.63, 3.8) is 0 Å². The Morgan fingerprint density at radius 2 is 2.10 bits per heavy atom. The van der Waals surface area contributed by atoms with Crippen LogP contribution in [0.3, 0.4) is 0 Å². The fraction of sp³-hybridized carbons (Fsp3) is 0.385. The molecular weight excluding hydrogens is 328 g/mol. The number of thiazole rings is 1. The highest BCUT2D eigenvalue weighted by Gasteiger charge is 2.18. The molecule has 0 fully saturated rings. The maximum absolute atomic E-state index is 12.1. The molecule has 0 aliphatic carbocycles. The molecule has 0 atom stereocenters. The van der Waals surface area contributed by atoms with E-state index in [9.17, 15) is 13.2 Å². The van der Waals surface area contributed by atoms with Gasteiger partial charge in [-0.2, -0.15) is 0 Å². The second-order valence-electron chi connectivity index (χ2n) is 5.06. The number of carbonyl (C=O) groups excluding carboxylic acids is 1. The van der Waals surface area contributed by atoms with Crippen molar-refractivity contribution in [3.8, 4) is 0 Å². The standard InChI is InChI=1S/C13H16N2O3S3/c1-8(2)6-11-14-9(7-20-11)12(16)15-13-10(4-5-19-13)21(3,17)18/h4-5,7-8H,6H2,1-3H3,(H,15,16). The molecule has 0 saturated heterocycles. The highest BCUT2D eigenvalue weighted by atomic mass is 32.2. The van der Waals surface area contributed by atoms with Crippen molar-refractivity contribution in [1.29, 1.82) is 0 Å². The Labute approximate surface area is 132 Å². The third-order valence-electron chi connectivity index (χ3n) is 2.62. The molecular formula is C13H16N2O3S3. The van der Waals surface area contributed by atoms with Gasteiger partial charge in [0, 0.05) is 18.1 Å². The Morgan fingerprint density at radius 1 is 1.38 bits per heavy atom. The van der Waals surface area contributed by atoms with Crippen LogP contribution in [0.15, 0.2) is 21.7 Å². The van der Waals surface area contributed by atoms with E-state index in [1.54, 1.807) is 10.8 Å². The molecule has 8 heteroatoms. The first-order valence-corrected chi connectivity index (χ1v) is 9.95. The number of aromatic nitrogens is 1. The van der Waals surface area contributed by atoms with Gasteiger partial charge in [-0.3, -0.25) is 4.79 Å². The minimum Gasteiger partial charge on any atom is -0.311 e. The summed E-state index contributed by atoms with van der Waals surface area (Å²) < 4.78 is 23.2. The van der Waals surface area contributed by atoms with Crippen molar-refractivity contribution in [3.05, 3.63) is 27.5 Å². The number of hydrogen-bond donors (Lipinski definition) is 1. The lowest BCUT2D eigenvalue weighted by atomic mass is 10.1. The third kappa shape index (κ3) is 4.12. The minimum atomic E-state index is -3.35. The first-order chi connectivity index (χ1) is 9.77. The van der Waals surface area contributed by atoms with Crippen LogP contribution < -0.4 is 5.32 Å². The number of anilines is 1. The largest absolute Gasteiger partial charge is 0.311 e. The van der Waals surface area contributed by atoms with Gasteiger partial charge in [0.1, 0.15) is 15.6 Å². The van der Waals surface area contributed by atoms with Gasteiger partial charge >= 0.3 is 0 Å². The van der Waals surface area contributed by atoms with Crippen LogP contribution in [0.2, 0.25) is 0 Å². The van der Waals surface area contributed by atoms with Crippen LogP contribution in [0.1, 0.15) is 29.3 Å². The molecule has 0 bridgehead atoms. The molecule has 1 amide bonds. The zero-order valence-electron chi connectivity index (χ0n) is 11.9. The number of nitrogens with zero attached hydrogens (tertiary/aromatic N) is 1. The Hall–Kier alpha value is -1.25. The maximum atomic E-state index is 12.1. The summed E-state index contributed by atoms with van der Waals surface area (Å²) in [6.45, 7) is 4.18. The summed E-state index contributed by atoms with van der Waals surface area (Å²) in [7, 11) is -3.35. The summed E-state index contributed by atoms with van der Waals surface area (Å²) in [4.78, 5) is 16.6. The van der Waals surface area contributed by atoms with Gasteiger partial charge in [0.05, 0.1) is 5.01 Å². The second kappa shape index (κ2) is 6.25. The van der Waals surface area contributed by atoms with Crippen molar-refractivity contribution in [2.75, 3.05) is 11.6 Å². The van der Waals surface area contributed by atoms with Gasteiger partial charge in [0.15, 0.2) is 9.84 Å². The van der Waals surface area contributed by atoms with E-state index >= 15 is 0 Å². The van der Waals surface area contributed by atoms with Crippen LogP contribution in [-0.2, 0) is 16.3 Å². The van der Waals surface area contributed by atoms with Gasteiger partial charge in [0.25, 0.3) is 5.91 Å². The first kappa shape index (κ1) is 16.1. The Bertz CT molecular complexity index is 744. The molecule has 1 N–H and O–H groups in total. The predicted molar refractivity (Wildman–Crippen MR) is 86.0 cm³/mol. The van der Waals surface area contributed by atoms with Gasteiger partial charge in [-0.1, -0.05) is 13.8 Å². The van der Waals surface area contributed by atoms with Crippen LogP contribution in [0.25, 0.3) is 0 Å². The van der Waals surface area contributed by atoms with Crippen molar-refractivity contribution in [2.24, 2.45) is 5.92 Å². The number of carbonyl (C=O) groups is 1. The Morgan fingerprint density at radius 3 is 2.71 bits per heavy atom. The third-order valence-corrected chi connectivity index (χ3v) is 5.59. The quantitative estimate of drug-likeness (QED) is 0.904. The summed E-state index contributed by atoms with van der Waals surface area (Å²) >= 11 is 2.62. The number of nitrogens with one attached hydrogen (secondary N) is 1. The minimum absolute atomic E-state index is 0.137. The molecule has 2 heterocycles. The fourth-order valence-corrected chi connectivity index (χ4v) is 4.76. The lowest BCUT2D eigenvalue weighted by Crippen LogP contribution is -2.13. The van der Waals surface area contributed by atoms with Gasteiger partial charge in [-0.05, 0) is 17.4 Å². The SMILES string of the molecule is CC(C)Cc1nc(C(=O)Nc2sccc2S(C)(=O)=O)cs1. The van der Waals surface area contributed by atoms with Gasteiger partial charge < -0.3 is 5.32 Å². The number of rotatable bonds is 5. The summed E-state index contributed by atoms with van der Waals surface area (Å²) in [5.74, 6) is 0.0924. The highest BCUT2D eigenvalue weighted by molar-refractivity contribution is 7.91. The molecule has 0 radical (unpaired) electrons. The molecule has 0 aliphatic heterocycles. The molecule has 0 saturated carbocycles. The van der Waals surface area contributed by atoms with Gasteiger partial charge in [-0.25, -0.2) is 13.4 Å². The molecule has 5 nitrogen and oxygen atoms in total. The zero-order chi connectivity index (χ0) is 15.6. The molecule has 114 valence electrons. The van der Waals surface area contributed by atoms with Crippen LogP contribution >= 0.6 is 22.7 Å².